The summed E-state index contributed by atoms with van der Waals surface area (Å²) in [5.74, 6) is -2.29. The average molecular weight is 215 g/mol. The quantitative estimate of drug-likeness (QED) is 0.394. The van der Waals surface area contributed by atoms with Gasteiger partial charge in [-0.2, -0.15) is 0 Å². The number of carboxylic acids is 1. The smallest absolute Gasteiger partial charge is 0.318 e. The fourth-order valence-corrected chi connectivity index (χ4v) is 1.62. The van der Waals surface area contributed by atoms with E-state index in [0.717, 1.165) is 12.8 Å². The molecule has 0 aromatic carbocycles. The van der Waals surface area contributed by atoms with E-state index in [4.69, 9.17) is 9.84 Å². The minimum absolute atomic E-state index is 0.299. The Morgan fingerprint density at radius 1 is 1.60 bits per heavy atom. The van der Waals surface area contributed by atoms with Crippen LogP contribution in [-0.4, -0.2) is 48.2 Å². The van der Waals surface area contributed by atoms with Gasteiger partial charge in [0, 0.05) is 13.7 Å². The Bertz CT molecular complexity index is 254. The molecule has 0 aromatic rings. The zero-order valence-corrected chi connectivity index (χ0v) is 9.10. The molecule has 1 heterocycles. The summed E-state index contributed by atoms with van der Waals surface area (Å²) in [5, 5.41) is 8.79. The van der Waals surface area contributed by atoms with Gasteiger partial charge in [0.25, 0.3) is 0 Å². The Hall–Kier alpha value is -1.10. The number of rotatable bonds is 6. The van der Waals surface area contributed by atoms with Gasteiger partial charge in [-0.15, -0.1) is 0 Å². The lowest BCUT2D eigenvalue weighted by molar-refractivity contribution is -0.170. The second kappa shape index (κ2) is 5.11. The summed E-state index contributed by atoms with van der Waals surface area (Å²) >= 11 is 0. The standard InChI is InChI=1S/C10H17NO4/c1-3-4-5-15-6-7-8(10(13)14)9(12)11(7)2/h7-8H,3-6H2,1-2H3,(H,13,14)/t7-,8-/m1/s1. The molecule has 86 valence electrons. The van der Waals surface area contributed by atoms with Crippen molar-refractivity contribution >= 4 is 11.9 Å². The van der Waals surface area contributed by atoms with Gasteiger partial charge < -0.3 is 14.7 Å². The molecule has 5 heteroatoms. The first kappa shape index (κ1) is 12.0. The second-order valence-corrected chi connectivity index (χ2v) is 3.76. The van der Waals surface area contributed by atoms with Gasteiger partial charge in [0.1, 0.15) is 0 Å². The molecule has 15 heavy (non-hydrogen) atoms. The van der Waals surface area contributed by atoms with Crippen molar-refractivity contribution in [2.45, 2.75) is 25.8 Å². The lowest BCUT2D eigenvalue weighted by Crippen LogP contribution is -2.63. The summed E-state index contributed by atoms with van der Waals surface area (Å²) in [4.78, 5) is 23.4. The minimum Gasteiger partial charge on any atom is -0.481 e. The number of unbranched alkanes of at least 4 members (excludes halogenated alkanes) is 1. The van der Waals surface area contributed by atoms with Crippen LogP contribution in [0.1, 0.15) is 19.8 Å². The van der Waals surface area contributed by atoms with Gasteiger partial charge in [-0.1, -0.05) is 13.3 Å². The van der Waals surface area contributed by atoms with E-state index >= 15 is 0 Å². The first-order valence-corrected chi connectivity index (χ1v) is 5.16. The van der Waals surface area contributed by atoms with E-state index in [1.807, 2.05) is 0 Å². The highest BCUT2D eigenvalue weighted by Crippen LogP contribution is 2.25. The number of likely N-dealkylation sites (tertiary alicyclic amines) is 1. The van der Waals surface area contributed by atoms with E-state index in [2.05, 4.69) is 6.92 Å². The van der Waals surface area contributed by atoms with Crippen LogP contribution in [0.15, 0.2) is 0 Å². The number of amides is 1. The van der Waals surface area contributed by atoms with E-state index in [9.17, 15) is 9.59 Å². The first-order chi connectivity index (χ1) is 7.09. The Balaban J connectivity index is 2.34. The van der Waals surface area contributed by atoms with Gasteiger partial charge in [0.2, 0.25) is 5.91 Å². The van der Waals surface area contributed by atoms with Crippen molar-refractivity contribution in [2.24, 2.45) is 5.92 Å². The molecule has 0 unspecified atom stereocenters. The molecule has 1 rings (SSSR count). The molecule has 1 N–H and O–H groups in total. The lowest BCUT2D eigenvalue weighted by atomic mass is 9.89. The van der Waals surface area contributed by atoms with Crippen LogP contribution in [0, 0.1) is 5.92 Å². The van der Waals surface area contributed by atoms with Crippen molar-refractivity contribution in [2.75, 3.05) is 20.3 Å². The van der Waals surface area contributed by atoms with E-state index in [-0.39, 0.29) is 11.9 Å². The topological polar surface area (TPSA) is 66.8 Å². The molecular formula is C10H17NO4. The first-order valence-electron chi connectivity index (χ1n) is 5.16. The van der Waals surface area contributed by atoms with Gasteiger partial charge in [-0.3, -0.25) is 9.59 Å². The van der Waals surface area contributed by atoms with Crippen LogP contribution >= 0.6 is 0 Å². The molecule has 1 saturated heterocycles. The van der Waals surface area contributed by atoms with Gasteiger partial charge >= 0.3 is 5.97 Å². The van der Waals surface area contributed by atoms with Crippen LogP contribution in [0.5, 0.6) is 0 Å². The lowest BCUT2D eigenvalue weighted by Gasteiger charge is -2.42. The fraction of sp³-hybridized carbons (Fsp3) is 0.800. The van der Waals surface area contributed by atoms with Crippen molar-refractivity contribution in [3.63, 3.8) is 0 Å². The molecule has 0 saturated carbocycles. The summed E-state index contributed by atoms with van der Waals surface area (Å²) < 4.78 is 5.32. The predicted molar refractivity (Wildman–Crippen MR) is 53.4 cm³/mol. The van der Waals surface area contributed by atoms with Crippen molar-refractivity contribution in [3.05, 3.63) is 0 Å². The maximum Gasteiger partial charge on any atom is 0.318 e. The normalized spacial score (nSPS) is 25.2. The molecule has 1 aliphatic rings. The molecule has 2 atom stereocenters. The molecular weight excluding hydrogens is 198 g/mol. The highest BCUT2D eigenvalue weighted by molar-refractivity contribution is 6.02. The van der Waals surface area contributed by atoms with E-state index in [1.54, 1.807) is 7.05 Å². The summed E-state index contributed by atoms with van der Waals surface area (Å²) in [7, 11) is 1.61. The maximum atomic E-state index is 11.2. The number of hydrogen-bond donors (Lipinski definition) is 1. The van der Waals surface area contributed by atoms with Gasteiger partial charge in [-0.25, -0.2) is 0 Å². The molecule has 1 aliphatic heterocycles. The third-order valence-corrected chi connectivity index (χ3v) is 2.69. The summed E-state index contributed by atoms with van der Waals surface area (Å²) in [5.41, 5.74) is 0. The van der Waals surface area contributed by atoms with Crippen LogP contribution in [0.25, 0.3) is 0 Å². The number of likely N-dealkylation sites (N-methyl/N-ethyl adjacent to an activating group) is 1. The number of aliphatic carboxylic acids is 1. The monoisotopic (exact) mass is 215 g/mol. The predicted octanol–water partition coefficient (Wildman–Crippen LogP) is 0.344. The average Bonchev–Trinajstić information content (AvgIpc) is 2.20. The van der Waals surface area contributed by atoms with Crippen molar-refractivity contribution < 1.29 is 19.4 Å². The third-order valence-electron chi connectivity index (χ3n) is 2.69. The SMILES string of the molecule is CCCCOC[C@@H]1[C@@H](C(=O)O)C(=O)N1C. The van der Waals surface area contributed by atoms with Gasteiger partial charge in [0.15, 0.2) is 5.92 Å². The number of carbonyl (C=O) groups is 2. The number of carboxylic acid groups (broad SMARTS) is 1. The molecule has 0 spiro atoms. The molecule has 0 aliphatic carbocycles. The van der Waals surface area contributed by atoms with Crippen LogP contribution in [-0.2, 0) is 14.3 Å². The molecule has 1 fully saturated rings. The van der Waals surface area contributed by atoms with Gasteiger partial charge in [0.05, 0.1) is 12.6 Å². The maximum absolute atomic E-state index is 11.2. The highest BCUT2D eigenvalue weighted by atomic mass is 16.5. The minimum atomic E-state index is -1.05. The Morgan fingerprint density at radius 2 is 2.27 bits per heavy atom. The van der Waals surface area contributed by atoms with Crippen LogP contribution < -0.4 is 0 Å². The van der Waals surface area contributed by atoms with Crippen molar-refractivity contribution in [1.82, 2.24) is 4.90 Å². The number of ether oxygens (including phenoxy) is 1. The van der Waals surface area contributed by atoms with Crippen molar-refractivity contribution in [1.29, 1.82) is 0 Å². The number of β-lactam (4-membered cyclic amide) rings is 1. The third kappa shape index (κ3) is 2.47. The van der Waals surface area contributed by atoms with E-state index in [0.29, 0.717) is 13.2 Å². The number of carbonyl (C=O) groups excluding carboxylic acids is 1. The summed E-state index contributed by atoms with van der Waals surface area (Å²) in [6, 6.07) is -0.299. The van der Waals surface area contributed by atoms with Crippen LogP contribution in [0.4, 0.5) is 0 Å². The van der Waals surface area contributed by atoms with Gasteiger partial charge in [-0.05, 0) is 6.42 Å². The molecule has 1 amide bonds. The largest absolute Gasteiger partial charge is 0.481 e. The zero-order valence-electron chi connectivity index (χ0n) is 9.10. The molecule has 0 aromatic heterocycles. The number of hydrogen-bond acceptors (Lipinski definition) is 3. The van der Waals surface area contributed by atoms with Crippen molar-refractivity contribution in [3.8, 4) is 0 Å². The fourth-order valence-electron chi connectivity index (χ4n) is 1.62. The Labute approximate surface area is 89.0 Å². The zero-order chi connectivity index (χ0) is 11.4. The van der Waals surface area contributed by atoms with Crippen LogP contribution in [0.3, 0.4) is 0 Å². The number of nitrogens with zero attached hydrogens (tertiary/aromatic N) is 1. The highest BCUT2D eigenvalue weighted by Gasteiger charge is 2.49. The van der Waals surface area contributed by atoms with E-state index < -0.39 is 11.9 Å². The van der Waals surface area contributed by atoms with E-state index in [1.165, 1.54) is 4.90 Å². The Kier molecular flexibility index (Phi) is 4.08. The molecule has 0 bridgehead atoms. The summed E-state index contributed by atoms with van der Waals surface area (Å²) in [6.07, 6.45) is 2.00. The Morgan fingerprint density at radius 3 is 2.80 bits per heavy atom. The molecule has 5 nitrogen and oxygen atoms in total. The second-order valence-electron chi connectivity index (χ2n) is 3.76. The molecule has 0 radical (unpaired) electrons. The van der Waals surface area contributed by atoms with Crippen LogP contribution in [0.2, 0.25) is 0 Å². The summed E-state index contributed by atoms with van der Waals surface area (Å²) in [6.45, 7) is 3.00.